The van der Waals surface area contributed by atoms with E-state index in [0.29, 0.717) is 44.3 Å². The van der Waals surface area contributed by atoms with Gasteiger partial charge in [-0.05, 0) is 38.5 Å². The maximum atomic E-state index is 12.8. The highest BCUT2D eigenvalue weighted by atomic mass is 32.2. The number of hydroxylamine groups is 2. The van der Waals surface area contributed by atoms with Crippen molar-refractivity contribution in [3.05, 3.63) is 35.6 Å². The van der Waals surface area contributed by atoms with Gasteiger partial charge in [-0.1, -0.05) is 32.1 Å². The Balaban J connectivity index is 2.96. The molecule has 1 rings (SSSR count). The van der Waals surface area contributed by atoms with Crippen LogP contribution in [-0.2, 0) is 29.2 Å². The average molecular weight is 472 g/mol. The monoisotopic (exact) mass is 471 g/mol. The van der Waals surface area contributed by atoms with Crippen LogP contribution in [0, 0.1) is 0 Å². The topological polar surface area (TPSA) is 105 Å². The summed E-state index contributed by atoms with van der Waals surface area (Å²) in [5.74, 6) is -0.464. The molecule has 32 heavy (non-hydrogen) atoms. The molecule has 182 valence electrons. The highest BCUT2D eigenvalue weighted by Gasteiger charge is 2.35. The standard InChI is InChI=1S/C22H37N3O6S/c1-6-13-25(32(28,29)14-7-2)20-12-10-9-11-19(15-20)17-24(5)31-22(18-26,23-4)16-21(27)30-8-3/h9-12,18,23H,6-8,13-17H2,1-5H3. The van der Waals surface area contributed by atoms with Gasteiger partial charge in [0.05, 0.1) is 18.8 Å². The zero-order valence-electron chi connectivity index (χ0n) is 19.8. The SMILES string of the molecule is CCCN(C1=CC=CC=C(CN(C)OC(C=O)(CC(=O)OCC)NC)C1)S(=O)(=O)CCC. The first-order valence-electron chi connectivity index (χ1n) is 10.9. The Labute approximate surface area is 192 Å². The molecule has 0 aliphatic heterocycles. The van der Waals surface area contributed by atoms with E-state index in [-0.39, 0.29) is 18.8 Å². The van der Waals surface area contributed by atoms with Gasteiger partial charge in [-0.15, -0.1) is 0 Å². The van der Waals surface area contributed by atoms with Gasteiger partial charge in [0.25, 0.3) is 0 Å². The van der Waals surface area contributed by atoms with Crippen LogP contribution in [0.15, 0.2) is 35.6 Å². The fourth-order valence-electron chi connectivity index (χ4n) is 3.33. The lowest BCUT2D eigenvalue weighted by molar-refractivity contribution is -0.232. The summed E-state index contributed by atoms with van der Waals surface area (Å²) >= 11 is 0. The Kier molecular flexibility index (Phi) is 11.8. The molecule has 0 amide bonds. The van der Waals surface area contributed by atoms with Crippen LogP contribution >= 0.6 is 0 Å². The Hall–Kier alpha value is -2.01. The van der Waals surface area contributed by atoms with Gasteiger partial charge in [0.15, 0.2) is 6.29 Å². The summed E-state index contributed by atoms with van der Waals surface area (Å²) < 4.78 is 32.0. The molecule has 1 unspecified atom stereocenters. The second kappa shape index (κ2) is 13.5. The van der Waals surface area contributed by atoms with E-state index in [1.165, 1.54) is 16.4 Å². The van der Waals surface area contributed by atoms with Gasteiger partial charge in [0.1, 0.15) is 0 Å². The Morgan fingerprint density at radius 3 is 2.47 bits per heavy atom. The van der Waals surface area contributed by atoms with Crippen molar-refractivity contribution in [3.63, 3.8) is 0 Å². The van der Waals surface area contributed by atoms with Crippen molar-refractivity contribution in [2.75, 3.05) is 39.5 Å². The summed E-state index contributed by atoms with van der Waals surface area (Å²) in [5, 5.41) is 4.20. The quantitative estimate of drug-likeness (QED) is 0.168. The number of hydrogen-bond acceptors (Lipinski definition) is 8. The van der Waals surface area contributed by atoms with Gasteiger partial charge in [-0.25, -0.2) is 8.42 Å². The molecule has 0 bridgehead atoms. The van der Waals surface area contributed by atoms with Crippen molar-refractivity contribution in [2.24, 2.45) is 0 Å². The fraction of sp³-hybridized carbons (Fsp3) is 0.636. The molecule has 0 aromatic heterocycles. The van der Waals surface area contributed by atoms with Crippen LogP contribution in [0.5, 0.6) is 0 Å². The first-order chi connectivity index (χ1) is 15.2. The summed E-state index contributed by atoms with van der Waals surface area (Å²) in [4.78, 5) is 29.4. The average Bonchev–Trinajstić information content (AvgIpc) is 2.96. The van der Waals surface area contributed by atoms with E-state index in [4.69, 9.17) is 9.57 Å². The summed E-state index contributed by atoms with van der Waals surface area (Å²) in [6, 6.07) is 0. The molecule has 0 fully saturated rings. The lowest BCUT2D eigenvalue weighted by atomic mass is 10.1. The van der Waals surface area contributed by atoms with E-state index in [0.717, 1.165) is 5.57 Å². The van der Waals surface area contributed by atoms with E-state index in [1.807, 2.05) is 38.2 Å². The first-order valence-corrected chi connectivity index (χ1v) is 12.5. The molecule has 9 nitrogen and oxygen atoms in total. The molecule has 1 atom stereocenters. The third-order valence-electron chi connectivity index (χ3n) is 4.76. The van der Waals surface area contributed by atoms with Gasteiger partial charge in [-0.3, -0.25) is 24.0 Å². The van der Waals surface area contributed by atoms with Crippen molar-refractivity contribution in [2.45, 2.75) is 52.2 Å². The van der Waals surface area contributed by atoms with Crippen molar-refractivity contribution in [1.82, 2.24) is 14.7 Å². The molecule has 0 aromatic carbocycles. The molecular formula is C22H37N3O6S. The molecule has 1 aliphatic rings. The molecule has 0 spiro atoms. The van der Waals surface area contributed by atoms with Gasteiger partial charge >= 0.3 is 5.97 Å². The van der Waals surface area contributed by atoms with Crippen LogP contribution in [0.25, 0.3) is 0 Å². The number of aldehydes is 1. The van der Waals surface area contributed by atoms with Crippen LogP contribution in [0.3, 0.4) is 0 Å². The number of rotatable bonds is 15. The predicted molar refractivity (Wildman–Crippen MR) is 124 cm³/mol. The summed E-state index contributed by atoms with van der Waals surface area (Å²) in [6.07, 6.45) is 9.28. The molecule has 0 radical (unpaired) electrons. The highest BCUT2D eigenvalue weighted by Crippen LogP contribution is 2.24. The molecule has 0 saturated heterocycles. The van der Waals surface area contributed by atoms with Crippen LogP contribution in [0.2, 0.25) is 0 Å². The maximum absolute atomic E-state index is 12.8. The van der Waals surface area contributed by atoms with Gasteiger partial charge < -0.3 is 4.74 Å². The van der Waals surface area contributed by atoms with Gasteiger partial charge in [0.2, 0.25) is 15.7 Å². The smallest absolute Gasteiger partial charge is 0.310 e. The second-order valence-electron chi connectivity index (χ2n) is 7.55. The van der Waals surface area contributed by atoms with E-state index in [1.54, 1.807) is 14.0 Å². The number of nitrogens with one attached hydrogen (secondary N) is 1. The second-order valence-corrected chi connectivity index (χ2v) is 9.56. The summed E-state index contributed by atoms with van der Waals surface area (Å²) in [5.41, 5.74) is 0.0299. The molecule has 0 heterocycles. The van der Waals surface area contributed by atoms with Gasteiger partial charge in [-0.2, -0.15) is 5.06 Å². The number of ether oxygens (including phenoxy) is 1. The zero-order valence-corrected chi connectivity index (χ0v) is 20.6. The number of carbonyl (C=O) groups excluding carboxylic acids is 2. The summed E-state index contributed by atoms with van der Waals surface area (Å²) in [6.45, 7) is 6.40. The minimum atomic E-state index is -3.41. The van der Waals surface area contributed by atoms with E-state index in [2.05, 4.69) is 5.32 Å². The lowest BCUT2D eigenvalue weighted by Gasteiger charge is -2.32. The lowest BCUT2D eigenvalue weighted by Crippen LogP contribution is -2.52. The van der Waals surface area contributed by atoms with Crippen LogP contribution in [0.1, 0.15) is 46.5 Å². The van der Waals surface area contributed by atoms with Gasteiger partial charge in [0, 0.05) is 32.3 Å². The molecule has 10 heteroatoms. The number of nitrogens with zero attached hydrogens (tertiary/aromatic N) is 2. The third kappa shape index (κ3) is 8.50. The number of likely N-dealkylation sites (N-methyl/N-ethyl adjacent to an activating group) is 2. The number of esters is 1. The Bertz CT molecular complexity index is 822. The number of sulfonamides is 1. The highest BCUT2D eigenvalue weighted by molar-refractivity contribution is 7.89. The minimum absolute atomic E-state index is 0.0913. The molecule has 0 aromatic rings. The van der Waals surface area contributed by atoms with Crippen LogP contribution < -0.4 is 5.32 Å². The fourth-order valence-corrected chi connectivity index (χ4v) is 5.01. The summed E-state index contributed by atoms with van der Waals surface area (Å²) in [7, 11) is -0.232. The number of allylic oxidation sites excluding steroid dienone is 5. The van der Waals surface area contributed by atoms with Crippen molar-refractivity contribution < 1.29 is 27.6 Å². The molecule has 1 N–H and O–H groups in total. The molecule has 0 saturated carbocycles. The zero-order chi connectivity index (χ0) is 24.2. The van der Waals surface area contributed by atoms with E-state index >= 15 is 0 Å². The normalized spacial score (nSPS) is 16.1. The molecule has 1 aliphatic carbocycles. The van der Waals surface area contributed by atoms with Crippen molar-refractivity contribution in [3.8, 4) is 0 Å². The predicted octanol–water partition coefficient (Wildman–Crippen LogP) is 2.14. The van der Waals surface area contributed by atoms with Crippen molar-refractivity contribution >= 4 is 22.3 Å². The first kappa shape index (κ1) is 28.0. The molecular weight excluding hydrogens is 434 g/mol. The van der Waals surface area contributed by atoms with E-state index in [9.17, 15) is 18.0 Å². The number of hydrogen-bond donors (Lipinski definition) is 1. The Morgan fingerprint density at radius 1 is 1.22 bits per heavy atom. The largest absolute Gasteiger partial charge is 0.466 e. The van der Waals surface area contributed by atoms with E-state index < -0.39 is 21.7 Å². The maximum Gasteiger partial charge on any atom is 0.310 e. The third-order valence-corrected chi connectivity index (χ3v) is 6.77. The van der Waals surface area contributed by atoms with Crippen LogP contribution in [-0.4, -0.2) is 75.3 Å². The minimum Gasteiger partial charge on any atom is -0.466 e. The number of carbonyl (C=O) groups is 2. The van der Waals surface area contributed by atoms with Crippen molar-refractivity contribution in [1.29, 1.82) is 0 Å². The van der Waals surface area contributed by atoms with Crippen LogP contribution in [0.4, 0.5) is 0 Å². The Morgan fingerprint density at radius 2 is 1.91 bits per heavy atom.